The minimum absolute atomic E-state index is 0.129. The smallest absolute Gasteiger partial charge is 0.322 e. The van der Waals surface area contributed by atoms with Crippen molar-refractivity contribution >= 4 is 11.9 Å². The summed E-state index contributed by atoms with van der Waals surface area (Å²) in [6.45, 7) is 0.615. The van der Waals surface area contributed by atoms with Crippen LogP contribution in [0, 0.1) is 0 Å². The van der Waals surface area contributed by atoms with E-state index in [0.29, 0.717) is 12.5 Å². The Balaban J connectivity index is 2.18. The number of nitrogens with zero attached hydrogens (tertiary/aromatic N) is 4. The molecule has 1 heterocycles. The molecule has 0 unspecified atom stereocenters. The third-order valence-electron chi connectivity index (χ3n) is 2.70. The number of ether oxygens (including phenoxy) is 2. The Kier molecular flexibility index (Phi) is 4.19. The minimum atomic E-state index is 0.129. The van der Waals surface area contributed by atoms with Gasteiger partial charge in [-0.25, -0.2) is 0 Å². The van der Waals surface area contributed by atoms with Crippen LogP contribution < -0.4 is 20.1 Å². The van der Waals surface area contributed by atoms with Gasteiger partial charge in [-0.05, 0) is 17.7 Å². The molecule has 20 heavy (non-hydrogen) atoms. The van der Waals surface area contributed by atoms with Crippen molar-refractivity contribution in [1.82, 2.24) is 15.0 Å². The molecule has 0 fully saturated rings. The Morgan fingerprint density at radius 3 is 2.65 bits per heavy atom. The molecule has 0 saturated heterocycles. The summed E-state index contributed by atoms with van der Waals surface area (Å²) in [7, 11) is 4.99. The average Bonchev–Trinajstić information content (AvgIpc) is 2.46. The van der Waals surface area contributed by atoms with Crippen LogP contribution in [0.25, 0.3) is 0 Å². The maximum absolute atomic E-state index is 5.62. The first-order chi connectivity index (χ1) is 9.62. The molecule has 2 aromatic rings. The molecule has 0 radical (unpaired) electrons. The molecule has 106 valence electrons. The van der Waals surface area contributed by atoms with Gasteiger partial charge in [-0.1, -0.05) is 12.1 Å². The van der Waals surface area contributed by atoms with Gasteiger partial charge in [0, 0.05) is 13.6 Å². The number of benzene rings is 1. The summed E-state index contributed by atoms with van der Waals surface area (Å²) in [6, 6.07) is 7.99. The van der Waals surface area contributed by atoms with E-state index >= 15 is 0 Å². The van der Waals surface area contributed by atoms with Crippen LogP contribution in [0.1, 0.15) is 5.56 Å². The molecule has 2 rings (SSSR count). The lowest BCUT2D eigenvalue weighted by atomic mass is 10.2. The lowest BCUT2D eigenvalue weighted by Crippen LogP contribution is -2.20. The fourth-order valence-electron chi connectivity index (χ4n) is 1.74. The Bertz CT molecular complexity index is 591. The maximum Gasteiger partial charge on any atom is 0.322 e. The van der Waals surface area contributed by atoms with Crippen molar-refractivity contribution in [3.8, 4) is 11.8 Å². The van der Waals surface area contributed by atoms with Gasteiger partial charge in [0.1, 0.15) is 5.75 Å². The Morgan fingerprint density at radius 2 is 1.95 bits per heavy atom. The summed E-state index contributed by atoms with van der Waals surface area (Å²) in [6.07, 6.45) is 0. The van der Waals surface area contributed by atoms with Crippen molar-refractivity contribution in [3.05, 3.63) is 29.8 Å². The van der Waals surface area contributed by atoms with Gasteiger partial charge in [-0.3, -0.25) is 0 Å². The molecule has 7 nitrogen and oxygen atoms in total. The molecular weight excluding hydrogens is 258 g/mol. The highest BCUT2D eigenvalue weighted by Gasteiger charge is 2.10. The molecule has 0 aliphatic rings. The molecule has 0 spiro atoms. The summed E-state index contributed by atoms with van der Waals surface area (Å²) in [5.74, 6) is 1.39. The Morgan fingerprint density at radius 1 is 1.15 bits per heavy atom. The van der Waals surface area contributed by atoms with E-state index < -0.39 is 0 Å². The lowest BCUT2D eigenvalue weighted by molar-refractivity contribution is 0.379. The second-order valence-electron chi connectivity index (χ2n) is 4.19. The van der Waals surface area contributed by atoms with Gasteiger partial charge in [-0.15, -0.1) is 0 Å². The van der Waals surface area contributed by atoms with E-state index in [0.717, 1.165) is 11.3 Å². The summed E-state index contributed by atoms with van der Waals surface area (Å²) >= 11 is 0. The molecule has 0 amide bonds. The monoisotopic (exact) mass is 275 g/mol. The van der Waals surface area contributed by atoms with Crippen molar-refractivity contribution < 1.29 is 9.47 Å². The van der Waals surface area contributed by atoms with E-state index in [2.05, 4.69) is 15.0 Å². The highest BCUT2D eigenvalue weighted by Crippen LogP contribution is 2.17. The molecule has 0 aliphatic carbocycles. The lowest BCUT2D eigenvalue weighted by Gasteiger charge is -2.17. The van der Waals surface area contributed by atoms with Crippen molar-refractivity contribution in [2.75, 3.05) is 31.9 Å². The van der Waals surface area contributed by atoms with Crippen LogP contribution in [0.4, 0.5) is 11.9 Å². The third-order valence-corrected chi connectivity index (χ3v) is 2.70. The maximum atomic E-state index is 5.62. The van der Waals surface area contributed by atoms with Crippen LogP contribution in [0.15, 0.2) is 24.3 Å². The molecule has 0 aliphatic heterocycles. The SMILES string of the molecule is COc1cccc(CN(C)c2nc(N)nc(OC)n2)c1. The van der Waals surface area contributed by atoms with Crippen LogP contribution in [-0.2, 0) is 6.54 Å². The predicted molar refractivity (Wildman–Crippen MR) is 75.9 cm³/mol. The number of nitrogen functional groups attached to an aromatic ring is 1. The molecule has 2 N–H and O–H groups in total. The second-order valence-corrected chi connectivity index (χ2v) is 4.19. The van der Waals surface area contributed by atoms with E-state index in [1.165, 1.54) is 7.11 Å². The summed E-state index contributed by atoms with van der Waals surface area (Å²) in [5.41, 5.74) is 6.70. The van der Waals surface area contributed by atoms with Crippen molar-refractivity contribution in [1.29, 1.82) is 0 Å². The number of nitrogens with two attached hydrogens (primary N) is 1. The van der Waals surface area contributed by atoms with Crippen LogP contribution in [-0.4, -0.2) is 36.2 Å². The van der Waals surface area contributed by atoms with E-state index in [9.17, 15) is 0 Å². The summed E-state index contributed by atoms with van der Waals surface area (Å²) in [4.78, 5) is 14.0. The number of hydrogen-bond acceptors (Lipinski definition) is 7. The quantitative estimate of drug-likeness (QED) is 0.874. The Labute approximate surface area is 117 Å². The first-order valence-corrected chi connectivity index (χ1v) is 6.02. The van der Waals surface area contributed by atoms with Gasteiger partial charge in [0.05, 0.1) is 14.2 Å². The summed E-state index contributed by atoms with van der Waals surface area (Å²) in [5, 5.41) is 0. The molecule has 1 aromatic carbocycles. The number of methoxy groups -OCH3 is 2. The number of rotatable bonds is 5. The van der Waals surface area contributed by atoms with E-state index in [1.54, 1.807) is 7.11 Å². The van der Waals surface area contributed by atoms with Crippen LogP contribution in [0.3, 0.4) is 0 Å². The molecule has 0 saturated carbocycles. The molecule has 7 heteroatoms. The number of anilines is 2. The van der Waals surface area contributed by atoms with Gasteiger partial charge in [0.25, 0.3) is 0 Å². The van der Waals surface area contributed by atoms with Crippen LogP contribution >= 0.6 is 0 Å². The second kappa shape index (κ2) is 6.05. The topological polar surface area (TPSA) is 86.4 Å². The van der Waals surface area contributed by atoms with Crippen LogP contribution in [0.2, 0.25) is 0 Å². The zero-order valence-corrected chi connectivity index (χ0v) is 11.7. The van der Waals surface area contributed by atoms with E-state index in [-0.39, 0.29) is 12.0 Å². The minimum Gasteiger partial charge on any atom is -0.497 e. The predicted octanol–water partition coefficient (Wildman–Crippen LogP) is 1.11. The fourth-order valence-corrected chi connectivity index (χ4v) is 1.74. The van der Waals surface area contributed by atoms with Crippen LogP contribution in [0.5, 0.6) is 11.8 Å². The largest absolute Gasteiger partial charge is 0.497 e. The van der Waals surface area contributed by atoms with Gasteiger partial charge in [0.2, 0.25) is 11.9 Å². The fraction of sp³-hybridized carbons (Fsp3) is 0.308. The highest BCUT2D eigenvalue weighted by atomic mass is 16.5. The number of aromatic nitrogens is 3. The zero-order valence-electron chi connectivity index (χ0n) is 11.7. The molecule has 1 aromatic heterocycles. The molecule has 0 atom stereocenters. The Hall–Kier alpha value is -2.57. The first kappa shape index (κ1) is 13.9. The highest BCUT2D eigenvalue weighted by molar-refractivity contribution is 5.37. The average molecular weight is 275 g/mol. The molecular formula is C13H17N5O2. The number of hydrogen-bond donors (Lipinski definition) is 1. The standard InChI is InChI=1S/C13H17N5O2/c1-18(8-9-5-4-6-10(7-9)19-2)12-15-11(14)16-13(17-12)20-3/h4-7H,8H2,1-3H3,(H2,14,15,16,17). The third kappa shape index (κ3) is 3.25. The van der Waals surface area contributed by atoms with Gasteiger partial charge in [0.15, 0.2) is 0 Å². The van der Waals surface area contributed by atoms with Crippen molar-refractivity contribution in [2.45, 2.75) is 6.54 Å². The van der Waals surface area contributed by atoms with Crippen molar-refractivity contribution in [2.24, 2.45) is 0 Å². The first-order valence-electron chi connectivity index (χ1n) is 6.02. The van der Waals surface area contributed by atoms with Gasteiger partial charge >= 0.3 is 6.01 Å². The summed E-state index contributed by atoms with van der Waals surface area (Å²) < 4.78 is 10.2. The van der Waals surface area contributed by atoms with Gasteiger partial charge < -0.3 is 20.1 Å². The zero-order chi connectivity index (χ0) is 14.5. The van der Waals surface area contributed by atoms with Gasteiger partial charge in [-0.2, -0.15) is 15.0 Å². The van der Waals surface area contributed by atoms with Crippen molar-refractivity contribution in [3.63, 3.8) is 0 Å². The molecule has 0 bridgehead atoms. The normalized spacial score (nSPS) is 10.2. The van der Waals surface area contributed by atoms with E-state index in [1.807, 2.05) is 36.2 Å². The van der Waals surface area contributed by atoms with E-state index in [4.69, 9.17) is 15.2 Å².